The second-order valence-electron chi connectivity index (χ2n) is 6.06. The average molecular weight is 224 g/mol. The Morgan fingerprint density at radius 2 is 1.75 bits per heavy atom. The predicted octanol–water partition coefficient (Wildman–Crippen LogP) is 2.77. The molecule has 1 spiro atoms. The average Bonchev–Trinajstić information content (AvgIpc) is 2.75. The highest BCUT2D eigenvalue weighted by molar-refractivity contribution is 4.91. The van der Waals surface area contributed by atoms with E-state index in [2.05, 4.69) is 11.9 Å². The van der Waals surface area contributed by atoms with Gasteiger partial charge in [0.15, 0.2) is 0 Å². The minimum Gasteiger partial charge on any atom is -0.330 e. The Morgan fingerprint density at radius 3 is 2.31 bits per heavy atom. The molecular weight excluding hydrogens is 196 g/mol. The Balaban J connectivity index is 1.75. The summed E-state index contributed by atoms with van der Waals surface area (Å²) in [6.45, 7) is 2.02. The van der Waals surface area contributed by atoms with Crippen LogP contribution < -0.4 is 5.73 Å². The van der Waals surface area contributed by atoms with Crippen molar-refractivity contribution < 1.29 is 0 Å². The molecule has 0 atom stereocenters. The van der Waals surface area contributed by atoms with Crippen LogP contribution in [0.2, 0.25) is 0 Å². The van der Waals surface area contributed by atoms with Crippen LogP contribution in [0.5, 0.6) is 0 Å². The zero-order chi connectivity index (χ0) is 11.4. The maximum atomic E-state index is 5.57. The van der Waals surface area contributed by atoms with E-state index in [4.69, 9.17) is 5.73 Å². The molecule has 0 aromatic rings. The monoisotopic (exact) mass is 224 g/mol. The Kier molecular flexibility index (Phi) is 4.26. The van der Waals surface area contributed by atoms with E-state index in [1.54, 1.807) is 0 Å². The fourth-order valence-electron chi connectivity index (χ4n) is 3.80. The van der Waals surface area contributed by atoms with Crippen molar-refractivity contribution in [2.75, 3.05) is 20.1 Å². The van der Waals surface area contributed by atoms with E-state index in [1.807, 2.05) is 0 Å². The lowest BCUT2D eigenvalue weighted by molar-refractivity contribution is 0.107. The molecule has 0 aromatic carbocycles. The second-order valence-corrected chi connectivity index (χ2v) is 6.06. The van der Waals surface area contributed by atoms with Crippen molar-refractivity contribution in [1.29, 1.82) is 0 Å². The fraction of sp³-hybridized carbons (Fsp3) is 1.00. The standard InChI is InChI=1S/C14H28N2/c1-16(12-4-11-15)13-5-9-14(10-6-13)7-2-3-8-14/h13H,2-12,15H2,1H3. The van der Waals surface area contributed by atoms with Gasteiger partial charge < -0.3 is 10.6 Å². The van der Waals surface area contributed by atoms with E-state index in [-0.39, 0.29) is 0 Å². The molecule has 2 rings (SSSR count). The van der Waals surface area contributed by atoms with Gasteiger partial charge in [0.25, 0.3) is 0 Å². The van der Waals surface area contributed by atoms with Gasteiger partial charge in [-0.2, -0.15) is 0 Å². The predicted molar refractivity (Wildman–Crippen MR) is 69.5 cm³/mol. The minimum absolute atomic E-state index is 0.783. The summed E-state index contributed by atoms with van der Waals surface area (Å²) >= 11 is 0. The lowest BCUT2D eigenvalue weighted by atomic mass is 9.71. The summed E-state index contributed by atoms with van der Waals surface area (Å²) in [7, 11) is 2.28. The second kappa shape index (κ2) is 5.50. The van der Waals surface area contributed by atoms with Gasteiger partial charge in [-0.3, -0.25) is 0 Å². The number of nitrogens with zero attached hydrogens (tertiary/aromatic N) is 1. The minimum atomic E-state index is 0.783. The number of rotatable bonds is 4. The van der Waals surface area contributed by atoms with Crippen LogP contribution in [0.4, 0.5) is 0 Å². The van der Waals surface area contributed by atoms with Crippen molar-refractivity contribution in [3.63, 3.8) is 0 Å². The van der Waals surface area contributed by atoms with Gasteiger partial charge in [0.2, 0.25) is 0 Å². The van der Waals surface area contributed by atoms with Crippen molar-refractivity contribution in [2.24, 2.45) is 11.1 Å². The van der Waals surface area contributed by atoms with Gasteiger partial charge in [0, 0.05) is 6.04 Å². The third-order valence-electron chi connectivity index (χ3n) is 5.02. The van der Waals surface area contributed by atoms with Crippen molar-refractivity contribution in [3.05, 3.63) is 0 Å². The van der Waals surface area contributed by atoms with Crippen LogP contribution in [0.25, 0.3) is 0 Å². The molecule has 2 nitrogen and oxygen atoms in total. The first-order chi connectivity index (χ1) is 7.76. The number of hydrogen-bond acceptors (Lipinski definition) is 2. The van der Waals surface area contributed by atoms with Crippen molar-refractivity contribution >= 4 is 0 Å². The largest absolute Gasteiger partial charge is 0.330 e. The number of hydrogen-bond donors (Lipinski definition) is 1. The highest BCUT2D eigenvalue weighted by Crippen LogP contribution is 2.49. The maximum absolute atomic E-state index is 5.57. The Bertz CT molecular complexity index is 199. The summed E-state index contributed by atoms with van der Waals surface area (Å²) in [5.74, 6) is 0. The Labute approximate surface area is 101 Å². The van der Waals surface area contributed by atoms with E-state index in [0.717, 1.165) is 24.4 Å². The Morgan fingerprint density at radius 1 is 1.12 bits per heavy atom. The molecule has 2 aliphatic rings. The van der Waals surface area contributed by atoms with Gasteiger partial charge in [-0.05, 0) is 70.5 Å². The molecule has 2 aliphatic carbocycles. The van der Waals surface area contributed by atoms with E-state index in [0.29, 0.717) is 0 Å². The molecule has 2 fully saturated rings. The third kappa shape index (κ3) is 2.78. The summed E-state index contributed by atoms with van der Waals surface area (Å²) in [6.07, 6.45) is 13.0. The molecule has 16 heavy (non-hydrogen) atoms. The molecule has 0 aromatic heterocycles. The molecule has 94 valence electrons. The molecule has 2 N–H and O–H groups in total. The molecule has 2 heteroatoms. The van der Waals surface area contributed by atoms with Gasteiger partial charge in [-0.1, -0.05) is 12.8 Å². The van der Waals surface area contributed by atoms with Gasteiger partial charge in [0.05, 0.1) is 0 Å². The van der Waals surface area contributed by atoms with Gasteiger partial charge in [-0.25, -0.2) is 0 Å². The van der Waals surface area contributed by atoms with Crippen LogP contribution in [-0.4, -0.2) is 31.1 Å². The first-order valence-corrected chi connectivity index (χ1v) is 7.16. The fourth-order valence-corrected chi connectivity index (χ4v) is 3.80. The molecule has 2 saturated carbocycles. The van der Waals surface area contributed by atoms with Gasteiger partial charge in [-0.15, -0.1) is 0 Å². The maximum Gasteiger partial charge on any atom is 0.00926 e. The molecule has 0 amide bonds. The quantitative estimate of drug-likeness (QED) is 0.795. The smallest absolute Gasteiger partial charge is 0.00926 e. The van der Waals surface area contributed by atoms with Crippen LogP contribution in [0, 0.1) is 5.41 Å². The molecular formula is C14H28N2. The van der Waals surface area contributed by atoms with Crippen molar-refractivity contribution in [1.82, 2.24) is 4.90 Å². The summed E-state index contributed by atoms with van der Waals surface area (Å²) in [5, 5.41) is 0. The lowest BCUT2D eigenvalue weighted by Crippen LogP contribution is -2.39. The van der Waals surface area contributed by atoms with E-state index < -0.39 is 0 Å². The third-order valence-corrected chi connectivity index (χ3v) is 5.02. The van der Waals surface area contributed by atoms with E-state index >= 15 is 0 Å². The highest BCUT2D eigenvalue weighted by atomic mass is 15.1. The normalized spacial score (nSPS) is 25.7. The Hall–Kier alpha value is -0.0800. The van der Waals surface area contributed by atoms with Crippen LogP contribution >= 0.6 is 0 Å². The zero-order valence-electron chi connectivity index (χ0n) is 10.9. The zero-order valence-corrected chi connectivity index (χ0v) is 10.9. The molecule has 0 heterocycles. The highest BCUT2D eigenvalue weighted by Gasteiger charge is 2.38. The summed E-state index contributed by atoms with van der Waals surface area (Å²) < 4.78 is 0. The van der Waals surface area contributed by atoms with Crippen LogP contribution in [0.15, 0.2) is 0 Å². The van der Waals surface area contributed by atoms with E-state index in [1.165, 1.54) is 57.9 Å². The van der Waals surface area contributed by atoms with E-state index in [9.17, 15) is 0 Å². The van der Waals surface area contributed by atoms with Gasteiger partial charge in [0.1, 0.15) is 0 Å². The summed E-state index contributed by atoms with van der Waals surface area (Å²) in [5.41, 5.74) is 6.36. The summed E-state index contributed by atoms with van der Waals surface area (Å²) in [6, 6.07) is 0.845. The molecule has 0 bridgehead atoms. The molecule has 0 saturated heterocycles. The van der Waals surface area contributed by atoms with Crippen molar-refractivity contribution in [2.45, 2.75) is 63.8 Å². The number of nitrogens with two attached hydrogens (primary N) is 1. The van der Waals surface area contributed by atoms with Crippen LogP contribution in [-0.2, 0) is 0 Å². The first kappa shape index (κ1) is 12.4. The molecule has 0 unspecified atom stereocenters. The van der Waals surface area contributed by atoms with Crippen LogP contribution in [0.3, 0.4) is 0 Å². The SMILES string of the molecule is CN(CCCN)C1CCC2(CCCC2)CC1. The van der Waals surface area contributed by atoms with Crippen molar-refractivity contribution in [3.8, 4) is 0 Å². The molecule has 0 aliphatic heterocycles. The topological polar surface area (TPSA) is 29.3 Å². The van der Waals surface area contributed by atoms with Crippen LogP contribution in [0.1, 0.15) is 57.8 Å². The lowest BCUT2D eigenvalue weighted by Gasteiger charge is -2.40. The molecule has 0 radical (unpaired) electrons. The van der Waals surface area contributed by atoms with Gasteiger partial charge >= 0.3 is 0 Å². The summed E-state index contributed by atoms with van der Waals surface area (Å²) in [4.78, 5) is 2.55. The first-order valence-electron chi connectivity index (χ1n) is 7.16.